The minimum absolute atomic E-state index is 0.0248. The quantitative estimate of drug-likeness (QED) is 0.228. The van der Waals surface area contributed by atoms with E-state index >= 15 is 0 Å². The molecule has 1 fully saturated rings. The Labute approximate surface area is 182 Å². The topological polar surface area (TPSA) is 175 Å². The van der Waals surface area contributed by atoms with Crippen molar-refractivity contribution in [3.63, 3.8) is 0 Å². The van der Waals surface area contributed by atoms with Crippen molar-refractivity contribution in [1.82, 2.24) is 14.6 Å². The number of aliphatic hydroxyl groups is 4. The van der Waals surface area contributed by atoms with Crippen LogP contribution in [-0.4, -0.2) is 71.5 Å². The molecule has 1 aliphatic rings. The number of aromatic nitrogens is 2. The number of anilines is 1. The number of aryl methyl sites for hydroxylation is 1. The van der Waals surface area contributed by atoms with Crippen molar-refractivity contribution in [2.24, 2.45) is 0 Å². The zero-order chi connectivity index (χ0) is 23.8. The Balaban J connectivity index is 2.19. The predicted octanol–water partition coefficient (Wildman–Crippen LogP) is -0.858. The van der Waals surface area contributed by atoms with Crippen LogP contribution >= 0.6 is 0 Å². The highest BCUT2D eigenvalue weighted by molar-refractivity contribution is 5.42. The molecular formula is C20H27FN4O7. The second-order valence-corrected chi connectivity index (χ2v) is 7.87. The smallest absolute Gasteiger partial charge is 0.353 e. The fourth-order valence-electron chi connectivity index (χ4n) is 3.80. The molecule has 0 bridgehead atoms. The molecule has 176 valence electrons. The molecule has 0 aliphatic carbocycles. The lowest BCUT2D eigenvalue weighted by atomic mass is 9.98. The Morgan fingerprint density at radius 1 is 1.38 bits per heavy atom. The van der Waals surface area contributed by atoms with Gasteiger partial charge in [-0.15, -0.1) is 5.06 Å². The molecule has 3 rings (SSSR count). The molecule has 0 radical (unpaired) electrons. The summed E-state index contributed by atoms with van der Waals surface area (Å²) in [5, 5.41) is 54.2. The van der Waals surface area contributed by atoms with E-state index in [2.05, 4.69) is 4.98 Å². The molecule has 32 heavy (non-hydrogen) atoms. The van der Waals surface area contributed by atoms with E-state index in [1.54, 1.807) is 31.2 Å². The van der Waals surface area contributed by atoms with E-state index in [-0.39, 0.29) is 10.6 Å². The Morgan fingerprint density at radius 2 is 2.03 bits per heavy atom. The van der Waals surface area contributed by atoms with Gasteiger partial charge >= 0.3 is 11.6 Å². The van der Waals surface area contributed by atoms with Crippen LogP contribution in [0, 0.1) is 6.92 Å². The fourth-order valence-corrected chi connectivity index (χ4v) is 3.80. The Bertz CT molecular complexity index is 1040. The highest BCUT2D eigenvalue weighted by Crippen LogP contribution is 2.45. The normalized spacial score (nSPS) is 28.9. The number of nitrogens with zero attached hydrogens (tertiary/aromatic N) is 3. The van der Waals surface area contributed by atoms with Crippen LogP contribution in [0.5, 0.6) is 0 Å². The van der Waals surface area contributed by atoms with Crippen molar-refractivity contribution in [3.05, 3.63) is 57.6 Å². The van der Waals surface area contributed by atoms with Gasteiger partial charge in [-0.3, -0.25) is 4.39 Å². The number of rotatable bonds is 7. The summed E-state index contributed by atoms with van der Waals surface area (Å²) in [5.74, 6) is -4.52. The molecule has 1 aliphatic heterocycles. The molecule has 1 aromatic heterocycles. The molecule has 0 amide bonds. The third-order valence-corrected chi connectivity index (χ3v) is 5.82. The lowest BCUT2D eigenvalue weighted by molar-refractivity contribution is -0.413. The standard InChI is InChI=1S/C20H27FN4O7/c1-11-5-3-4-6-13(11)9-24(31)19(29)16(27)15(10-26)32-20(19,30)25-17(22)14(12(2)7-21)8-23-18(25)28/h3-6,8,12,15-16,26-27,29-31H,7,9-10,22H2,1-2H3/t12?,15-,16-,19-,20+/m1/s1. The number of nitrogen functional groups attached to an aromatic ring is 1. The highest BCUT2D eigenvalue weighted by atomic mass is 19.1. The number of benzene rings is 1. The van der Waals surface area contributed by atoms with Gasteiger partial charge in [0.05, 0.1) is 19.8 Å². The number of alkyl halides is 1. The summed E-state index contributed by atoms with van der Waals surface area (Å²) in [4.78, 5) is 16.2. The summed E-state index contributed by atoms with van der Waals surface area (Å²) in [5.41, 5.74) is 3.00. The van der Waals surface area contributed by atoms with Crippen LogP contribution in [0.1, 0.15) is 29.5 Å². The number of hydroxylamine groups is 2. The van der Waals surface area contributed by atoms with Crippen LogP contribution in [0.2, 0.25) is 0 Å². The summed E-state index contributed by atoms with van der Waals surface area (Å²) in [6.45, 7) is 1.04. The van der Waals surface area contributed by atoms with Crippen molar-refractivity contribution in [2.75, 3.05) is 19.0 Å². The Morgan fingerprint density at radius 3 is 2.62 bits per heavy atom. The van der Waals surface area contributed by atoms with E-state index in [4.69, 9.17) is 10.5 Å². The van der Waals surface area contributed by atoms with Gasteiger partial charge < -0.3 is 36.1 Å². The number of ether oxygens (including phenoxy) is 1. The highest BCUT2D eigenvalue weighted by Gasteiger charge is 2.70. The molecule has 2 heterocycles. The molecule has 0 saturated carbocycles. The molecule has 1 aromatic carbocycles. The zero-order valence-corrected chi connectivity index (χ0v) is 17.6. The van der Waals surface area contributed by atoms with Gasteiger partial charge in [0.25, 0.3) is 0 Å². The van der Waals surface area contributed by atoms with Crippen LogP contribution in [0.4, 0.5) is 10.2 Å². The first-order valence-electron chi connectivity index (χ1n) is 9.89. The summed E-state index contributed by atoms with van der Waals surface area (Å²) in [6.07, 6.45) is -2.69. The molecule has 7 N–H and O–H groups in total. The van der Waals surface area contributed by atoms with E-state index in [1.807, 2.05) is 0 Å². The van der Waals surface area contributed by atoms with E-state index < -0.39 is 61.1 Å². The molecule has 1 saturated heterocycles. The molecule has 2 aromatic rings. The van der Waals surface area contributed by atoms with E-state index in [0.717, 1.165) is 11.8 Å². The van der Waals surface area contributed by atoms with Gasteiger partial charge in [-0.05, 0) is 18.1 Å². The molecule has 1 unspecified atom stereocenters. The second kappa shape index (κ2) is 8.83. The van der Waals surface area contributed by atoms with Gasteiger partial charge in [-0.1, -0.05) is 31.2 Å². The van der Waals surface area contributed by atoms with Gasteiger partial charge in [0.2, 0.25) is 5.72 Å². The maximum absolute atomic E-state index is 13.3. The van der Waals surface area contributed by atoms with E-state index in [0.29, 0.717) is 10.1 Å². The lowest BCUT2D eigenvalue weighted by Crippen LogP contribution is -2.68. The Kier molecular flexibility index (Phi) is 6.67. The molecule has 11 nitrogen and oxygen atoms in total. The Hall–Kier alpha value is -2.45. The van der Waals surface area contributed by atoms with Crippen LogP contribution in [0.25, 0.3) is 0 Å². The average Bonchev–Trinajstić information content (AvgIpc) is 2.96. The summed E-state index contributed by atoms with van der Waals surface area (Å²) < 4.78 is 18.9. The lowest BCUT2D eigenvalue weighted by Gasteiger charge is -2.42. The van der Waals surface area contributed by atoms with Crippen LogP contribution in [0.3, 0.4) is 0 Å². The second-order valence-electron chi connectivity index (χ2n) is 7.87. The summed E-state index contributed by atoms with van der Waals surface area (Å²) >= 11 is 0. The number of aliphatic hydroxyl groups excluding tert-OH is 2. The maximum atomic E-state index is 13.3. The van der Waals surface area contributed by atoms with Crippen molar-refractivity contribution in [1.29, 1.82) is 0 Å². The number of hydrogen-bond acceptors (Lipinski definition) is 10. The fraction of sp³-hybridized carbons (Fsp3) is 0.500. The predicted molar refractivity (Wildman–Crippen MR) is 109 cm³/mol. The van der Waals surface area contributed by atoms with Gasteiger partial charge in [0.1, 0.15) is 18.0 Å². The molecular weight excluding hydrogens is 427 g/mol. The van der Waals surface area contributed by atoms with Crippen molar-refractivity contribution in [3.8, 4) is 0 Å². The molecule has 5 atom stereocenters. The number of nitrogens with two attached hydrogens (primary N) is 1. The number of hydrogen-bond donors (Lipinski definition) is 6. The first-order valence-corrected chi connectivity index (χ1v) is 9.89. The van der Waals surface area contributed by atoms with E-state index in [9.17, 15) is 34.8 Å². The largest absolute Gasteiger partial charge is 0.394 e. The summed E-state index contributed by atoms with van der Waals surface area (Å²) in [7, 11) is 0. The first kappa shape index (κ1) is 24.2. The number of halogens is 1. The van der Waals surface area contributed by atoms with Crippen molar-refractivity contribution < 1.29 is 34.8 Å². The van der Waals surface area contributed by atoms with Gasteiger partial charge in [0.15, 0.2) is 0 Å². The van der Waals surface area contributed by atoms with Gasteiger partial charge in [-0.2, -0.15) is 0 Å². The van der Waals surface area contributed by atoms with Crippen molar-refractivity contribution >= 4 is 5.82 Å². The first-order chi connectivity index (χ1) is 15.0. The summed E-state index contributed by atoms with van der Waals surface area (Å²) in [6, 6.07) is 6.81. The average molecular weight is 454 g/mol. The zero-order valence-electron chi connectivity index (χ0n) is 17.6. The van der Waals surface area contributed by atoms with Gasteiger partial charge in [-0.25, -0.2) is 14.3 Å². The van der Waals surface area contributed by atoms with Crippen LogP contribution < -0.4 is 11.4 Å². The monoisotopic (exact) mass is 454 g/mol. The minimum Gasteiger partial charge on any atom is -0.394 e. The molecule has 12 heteroatoms. The van der Waals surface area contributed by atoms with Gasteiger partial charge in [0, 0.05) is 17.7 Å². The van der Waals surface area contributed by atoms with Crippen LogP contribution in [0.15, 0.2) is 35.3 Å². The van der Waals surface area contributed by atoms with Crippen molar-refractivity contribution in [2.45, 2.75) is 50.2 Å². The molecule has 0 spiro atoms. The van der Waals surface area contributed by atoms with E-state index in [1.165, 1.54) is 6.92 Å². The minimum atomic E-state index is -3.20. The van der Waals surface area contributed by atoms with Crippen LogP contribution in [-0.2, 0) is 17.2 Å². The third kappa shape index (κ3) is 3.59. The SMILES string of the molecule is Cc1ccccc1CN(O)[C@@]1(O)[C@H](O)[C@@H](CO)O[C@]1(O)n1c(N)c(C(C)CF)cnc1=O. The maximum Gasteiger partial charge on any atom is 0.353 e. The third-order valence-electron chi connectivity index (χ3n) is 5.82.